The number of hydrogen-bond acceptors (Lipinski definition) is 5. The van der Waals surface area contributed by atoms with Crippen molar-refractivity contribution in [2.24, 2.45) is 7.05 Å². The van der Waals surface area contributed by atoms with Crippen LogP contribution in [0.5, 0.6) is 0 Å². The molecule has 9 heteroatoms. The van der Waals surface area contributed by atoms with Gasteiger partial charge in [-0.3, -0.25) is 14.9 Å². The van der Waals surface area contributed by atoms with Gasteiger partial charge < -0.3 is 9.88 Å². The first-order valence-corrected chi connectivity index (χ1v) is 10.1. The van der Waals surface area contributed by atoms with E-state index in [0.717, 1.165) is 22.4 Å². The average molecular weight is 438 g/mol. The minimum atomic E-state index is -0.465. The fourth-order valence-electron chi connectivity index (χ4n) is 3.62. The van der Waals surface area contributed by atoms with Gasteiger partial charge in [-0.05, 0) is 48.5 Å². The maximum absolute atomic E-state index is 12.7. The zero-order valence-electron chi connectivity index (χ0n) is 17.5. The smallest absolute Gasteiger partial charge is 0.269 e. The lowest BCUT2D eigenvalue weighted by atomic mass is 10.2. The number of nitro benzene ring substituents is 1. The van der Waals surface area contributed by atoms with Crippen LogP contribution >= 0.6 is 0 Å². The second kappa shape index (κ2) is 8.04. The molecule has 162 valence electrons. The van der Waals surface area contributed by atoms with Crippen LogP contribution in [0, 0.1) is 10.1 Å². The van der Waals surface area contributed by atoms with Gasteiger partial charge in [-0.1, -0.05) is 12.1 Å². The van der Waals surface area contributed by atoms with Crippen LogP contribution in [0.15, 0.2) is 85.2 Å². The molecule has 5 rings (SSSR count). The number of benzene rings is 3. The summed E-state index contributed by atoms with van der Waals surface area (Å²) in [6.45, 7) is 0. The Morgan fingerprint density at radius 1 is 1.00 bits per heavy atom. The zero-order valence-corrected chi connectivity index (χ0v) is 17.5. The third-order valence-electron chi connectivity index (χ3n) is 5.36. The summed E-state index contributed by atoms with van der Waals surface area (Å²) >= 11 is 0. The third-order valence-corrected chi connectivity index (χ3v) is 5.36. The number of nitrogens with zero attached hydrogens (tertiary/aromatic N) is 5. The predicted octanol–water partition coefficient (Wildman–Crippen LogP) is 4.59. The Hall–Kier alpha value is -4.79. The number of carbonyl (C=O) groups is 1. The molecule has 2 heterocycles. The Morgan fingerprint density at radius 2 is 1.73 bits per heavy atom. The van der Waals surface area contributed by atoms with Crippen molar-refractivity contribution in [2.45, 2.75) is 0 Å². The van der Waals surface area contributed by atoms with E-state index in [2.05, 4.69) is 10.4 Å². The molecular formula is C24H18N6O3. The number of imidazole rings is 1. The Bertz CT molecular complexity index is 1480. The van der Waals surface area contributed by atoms with Gasteiger partial charge in [-0.25, -0.2) is 9.67 Å². The molecular weight excluding hydrogens is 420 g/mol. The van der Waals surface area contributed by atoms with E-state index in [1.54, 1.807) is 18.3 Å². The highest BCUT2D eigenvalue weighted by Crippen LogP contribution is 2.25. The number of nitrogens with one attached hydrogen (secondary N) is 1. The van der Waals surface area contributed by atoms with Gasteiger partial charge in [0, 0.05) is 36.6 Å². The molecule has 3 aromatic carbocycles. The lowest BCUT2D eigenvalue weighted by Gasteiger charge is -2.06. The highest BCUT2D eigenvalue weighted by molar-refractivity contribution is 6.04. The van der Waals surface area contributed by atoms with Gasteiger partial charge in [0.1, 0.15) is 5.82 Å². The van der Waals surface area contributed by atoms with Crippen LogP contribution < -0.4 is 5.32 Å². The van der Waals surface area contributed by atoms with E-state index in [-0.39, 0.29) is 11.6 Å². The number of para-hydroxylation sites is 2. The number of rotatable bonds is 5. The predicted molar refractivity (Wildman–Crippen MR) is 124 cm³/mol. The number of nitro groups is 1. The van der Waals surface area contributed by atoms with Crippen LogP contribution in [0.4, 0.5) is 11.4 Å². The highest BCUT2D eigenvalue weighted by atomic mass is 16.6. The highest BCUT2D eigenvalue weighted by Gasteiger charge is 2.13. The molecule has 9 nitrogen and oxygen atoms in total. The molecule has 0 saturated carbocycles. The quantitative estimate of drug-likeness (QED) is 0.319. The molecule has 2 aromatic heterocycles. The van der Waals surface area contributed by atoms with E-state index in [1.165, 1.54) is 23.0 Å². The van der Waals surface area contributed by atoms with Gasteiger partial charge in [0.25, 0.3) is 11.6 Å². The van der Waals surface area contributed by atoms with Crippen LogP contribution in [-0.2, 0) is 7.05 Å². The van der Waals surface area contributed by atoms with Crippen LogP contribution in [0.3, 0.4) is 0 Å². The summed E-state index contributed by atoms with van der Waals surface area (Å²) in [5, 5.41) is 17.8. The molecule has 1 N–H and O–H groups in total. The molecule has 1 amide bonds. The molecule has 0 bridgehead atoms. The first-order valence-electron chi connectivity index (χ1n) is 10.1. The topological polar surface area (TPSA) is 108 Å². The summed E-state index contributed by atoms with van der Waals surface area (Å²) in [6.07, 6.45) is 3.02. The maximum atomic E-state index is 12.7. The van der Waals surface area contributed by atoms with Gasteiger partial charge in [-0.2, -0.15) is 5.10 Å². The zero-order chi connectivity index (χ0) is 22.9. The van der Waals surface area contributed by atoms with Crippen LogP contribution in [0.2, 0.25) is 0 Å². The van der Waals surface area contributed by atoms with E-state index >= 15 is 0 Å². The summed E-state index contributed by atoms with van der Waals surface area (Å²) in [7, 11) is 1.98. The summed E-state index contributed by atoms with van der Waals surface area (Å²) < 4.78 is 3.53. The number of hydrogen-bond donors (Lipinski definition) is 1. The van der Waals surface area contributed by atoms with Crippen LogP contribution in [-0.4, -0.2) is 30.2 Å². The molecule has 0 aliphatic rings. The van der Waals surface area contributed by atoms with Gasteiger partial charge in [0.15, 0.2) is 0 Å². The second-order valence-electron chi connectivity index (χ2n) is 7.46. The van der Waals surface area contributed by atoms with Crippen molar-refractivity contribution in [3.8, 4) is 17.1 Å². The normalized spacial score (nSPS) is 10.9. The fourth-order valence-corrected chi connectivity index (χ4v) is 3.62. The fraction of sp³-hybridized carbons (Fsp3) is 0.0417. The molecule has 5 aromatic rings. The van der Waals surface area contributed by atoms with Crippen molar-refractivity contribution in [3.63, 3.8) is 0 Å². The molecule has 0 spiro atoms. The largest absolute Gasteiger partial charge is 0.327 e. The van der Waals surface area contributed by atoms with Crippen molar-refractivity contribution in [2.75, 3.05) is 5.32 Å². The number of fused-ring (bicyclic) bond motifs is 1. The van der Waals surface area contributed by atoms with Crippen LogP contribution in [0.1, 0.15) is 10.4 Å². The van der Waals surface area contributed by atoms with Crippen molar-refractivity contribution in [3.05, 3.63) is 101 Å². The first-order chi connectivity index (χ1) is 16.0. The molecule has 0 aliphatic carbocycles. The summed E-state index contributed by atoms with van der Waals surface area (Å²) in [5.41, 5.74) is 4.54. The van der Waals surface area contributed by atoms with E-state index in [1.807, 2.05) is 60.1 Å². The first kappa shape index (κ1) is 20.1. The average Bonchev–Trinajstić information content (AvgIpc) is 3.45. The van der Waals surface area contributed by atoms with Gasteiger partial charge in [0.2, 0.25) is 0 Å². The number of non-ortho nitro benzene ring substituents is 1. The maximum Gasteiger partial charge on any atom is 0.269 e. The molecule has 33 heavy (non-hydrogen) atoms. The number of amides is 1. The summed E-state index contributed by atoms with van der Waals surface area (Å²) in [4.78, 5) is 27.7. The van der Waals surface area contributed by atoms with Crippen molar-refractivity contribution in [1.29, 1.82) is 0 Å². The van der Waals surface area contributed by atoms with Gasteiger partial charge in [0.05, 0.1) is 33.4 Å². The van der Waals surface area contributed by atoms with E-state index in [4.69, 9.17) is 4.98 Å². The van der Waals surface area contributed by atoms with E-state index in [0.29, 0.717) is 16.9 Å². The molecule has 0 saturated heterocycles. The van der Waals surface area contributed by atoms with E-state index < -0.39 is 4.92 Å². The van der Waals surface area contributed by atoms with Crippen molar-refractivity contribution < 1.29 is 9.72 Å². The number of anilines is 1. The molecule has 0 fully saturated rings. The Morgan fingerprint density at radius 3 is 2.42 bits per heavy atom. The van der Waals surface area contributed by atoms with E-state index in [9.17, 15) is 14.9 Å². The molecule has 0 atom stereocenters. The lowest BCUT2D eigenvalue weighted by Crippen LogP contribution is -2.11. The van der Waals surface area contributed by atoms with Crippen molar-refractivity contribution in [1.82, 2.24) is 19.3 Å². The summed E-state index contributed by atoms with van der Waals surface area (Å²) in [5.74, 6) is 0.539. The number of aromatic nitrogens is 4. The van der Waals surface area contributed by atoms with Crippen LogP contribution in [0.25, 0.3) is 28.1 Å². The summed E-state index contributed by atoms with van der Waals surface area (Å²) in [6, 6.07) is 21.4. The standard InChI is InChI=1S/C24H18N6O3/c1-28-22-5-3-2-4-21(22)27-23(28)16-6-8-18(9-7-16)26-24(31)17-14-25-29(15-17)19-10-12-20(13-11-19)30(32)33/h2-15H,1H3,(H,26,31). The SMILES string of the molecule is Cn1c(-c2ccc(NC(=O)c3cnn(-c4ccc([N+](=O)[O-])cc4)c3)cc2)nc2ccccc21. The Labute approximate surface area is 188 Å². The second-order valence-corrected chi connectivity index (χ2v) is 7.46. The molecule has 0 aliphatic heterocycles. The molecule has 0 radical (unpaired) electrons. The Kier molecular flexibility index (Phi) is 4.91. The lowest BCUT2D eigenvalue weighted by molar-refractivity contribution is -0.384. The Balaban J connectivity index is 1.31. The number of carbonyl (C=O) groups excluding carboxylic acids is 1. The minimum absolute atomic E-state index is 0.00837. The van der Waals surface area contributed by atoms with Gasteiger partial charge in [-0.15, -0.1) is 0 Å². The third kappa shape index (κ3) is 3.83. The monoisotopic (exact) mass is 438 g/mol. The van der Waals surface area contributed by atoms with Gasteiger partial charge >= 0.3 is 0 Å². The number of aryl methyl sites for hydroxylation is 1. The molecule has 0 unspecified atom stereocenters. The van der Waals surface area contributed by atoms with Crippen molar-refractivity contribution >= 4 is 28.3 Å². The minimum Gasteiger partial charge on any atom is -0.327 e.